The van der Waals surface area contributed by atoms with E-state index in [2.05, 4.69) is 26.0 Å². The summed E-state index contributed by atoms with van der Waals surface area (Å²) >= 11 is 6.88. The molecule has 4 aromatic rings. The van der Waals surface area contributed by atoms with E-state index in [-0.39, 0.29) is 55.4 Å². The SMILES string of the molecule is C#Cc1c(F)ccc2cc(O)cc(-c3c(Cl)cc4c(N5CC6CCC(C5)N6)nc(OCC5(CN6CC7(CCO7)C6)CC5)nc4c3F)c12. The Balaban J connectivity index is 1.13. The van der Waals surface area contributed by atoms with E-state index < -0.39 is 11.6 Å². The molecule has 1 aromatic heterocycles. The molecule has 47 heavy (non-hydrogen) atoms. The van der Waals surface area contributed by atoms with E-state index in [9.17, 15) is 9.50 Å². The number of phenolic OH excluding ortho intramolecular Hbond substituents is 1. The molecule has 5 aliphatic rings. The zero-order valence-corrected chi connectivity index (χ0v) is 26.5. The van der Waals surface area contributed by atoms with Gasteiger partial charge in [-0.2, -0.15) is 9.97 Å². The Labute approximate surface area is 276 Å². The summed E-state index contributed by atoms with van der Waals surface area (Å²) in [5.74, 6) is 1.50. The van der Waals surface area contributed by atoms with Crippen molar-refractivity contribution in [3.05, 3.63) is 52.6 Å². The third-order valence-electron chi connectivity index (χ3n) is 10.8. The minimum absolute atomic E-state index is 0.0118. The molecule has 8 nitrogen and oxygen atoms in total. The molecule has 11 heteroatoms. The number of nitrogens with zero attached hydrogens (tertiary/aromatic N) is 4. The second-order valence-corrected chi connectivity index (χ2v) is 14.6. The lowest BCUT2D eigenvalue weighted by atomic mass is 9.85. The van der Waals surface area contributed by atoms with Gasteiger partial charge in [0, 0.05) is 73.0 Å². The Bertz CT molecular complexity index is 1990. The van der Waals surface area contributed by atoms with Crippen molar-refractivity contribution in [2.75, 3.05) is 50.8 Å². The van der Waals surface area contributed by atoms with Crippen molar-refractivity contribution in [3.63, 3.8) is 0 Å². The monoisotopic (exact) mass is 657 g/mol. The number of halogens is 3. The van der Waals surface area contributed by atoms with Gasteiger partial charge in [0.15, 0.2) is 5.82 Å². The quantitative estimate of drug-likeness (QED) is 0.247. The Morgan fingerprint density at radius 2 is 1.87 bits per heavy atom. The number of nitrogens with one attached hydrogen (secondary N) is 1. The molecular formula is C36H34ClF2N5O3. The number of ether oxygens (including phenoxy) is 2. The lowest BCUT2D eigenvalue weighted by molar-refractivity contribution is -0.224. The smallest absolute Gasteiger partial charge is 0.319 e. The molecule has 0 amide bonds. The molecular weight excluding hydrogens is 624 g/mol. The number of terminal acetylenes is 1. The van der Waals surface area contributed by atoms with E-state index in [4.69, 9.17) is 32.5 Å². The minimum atomic E-state index is -0.717. The van der Waals surface area contributed by atoms with Crippen molar-refractivity contribution in [2.45, 2.75) is 49.8 Å². The fourth-order valence-electron chi connectivity index (χ4n) is 8.18. The molecule has 1 saturated carbocycles. The highest BCUT2D eigenvalue weighted by atomic mass is 35.5. The number of hydrogen-bond acceptors (Lipinski definition) is 8. The minimum Gasteiger partial charge on any atom is -0.508 e. The lowest BCUT2D eigenvalue weighted by Gasteiger charge is -2.56. The maximum Gasteiger partial charge on any atom is 0.319 e. The number of aromatic nitrogens is 2. The highest BCUT2D eigenvalue weighted by Gasteiger charge is 2.53. The Morgan fingerprint density at radius 1 is 1.11 bits per heavy atom. The summed E-state index contributed by atoms with van der Waals surface area (Å²) in [6, 6.07) is 7.95. The highest BCUT2D eigenvalue weighted by molar-refractivity contribution is 6.35. The van der Waals surface area contributed by atoms with Crippen LogP contribution in [0.5, 0.6) is 11.8 Å². The Kier molecular flexibility index (Phi) is 6.65. The van der Waals surface area contributed by atoms with Crippen LogP contribution in [0.1, 0.15) is 37.7 Å². The van der Waals surface area contributed by atoms with Gasteiger partial charge in [0.2, 0.25) is 0 Å². The van der Waals surface area contributed by atoms with Gasteiger partial charge < -0.3 is 24.8 Å². The average Bonchev–Trinajstić information content (AvgIpc) is 3.70. The number of anilines is 1. The first-order chi connectivity index (χ1) is 22.7. The third kappa shape index (κ3) is 4.90. The lowest BCUT2D eigenvalue weighted by Crippen LogP contribution is -2.68. The van der Waals surface area contributed by atoms with Gasteiger partial charge in [-0.15, -0.1) is 6.42 Å². The number of likely N-dealkylation sites (tertiary alicyclic amines) is 1. The number of fused-ring (bicyclic) bond motifs is 4. The zero-order valence-electron chi connectivity index (χ0n) is 25.8. The summed E-state index contributed by atoms with van der Waals surface area (Å²) in [4.78, 5) is 14.1. The molecule has 4 saturated heterocycles. The number of aromatic hydroxyl groups is 1. The van der Waals surface area contributed by atoms with Gasteiger partial charge in [-0.3, -0.25) is 4.90 Å². The maximum atomic E-state index is 17.0. The first-order valence-corrected chi connectivity index (χ1v) is 16.7. The average molecular weight is 658 g/mol. The van der Waals surface area contributed by atoms with Gasteiger partial charge in [-0.25, -0.2) is 8.78 Å². The molecule has 2 atom stereocenters. The predicted molar refractivity (Wildman–Crippen MR) is 176 cm³/mol. The normalized spacial score (nSPS) is 23.9. The predicted octanol–water partition coefficient (Wildman–Crippen LogP) is 5.64. The number of phenols is 1. The van der Waals surface area contributed by atoms with Crippen molar-refractivity contribution in [2.24, 2.45) is 5.41 Å². The van der Waals surface area contributed by atoms with E-state index in [1.165, 1.54) is 24.3 Å². The van der Waals surface area contributed by atoms with Crippen LogP contribution < -0.4 is 15.0 Å². The summed E-state index contributed by atoms with van der Waals surface area (Å²) < 4.78 is 44.1. The summed E-state index contributed by atoms with van der Waals surface area (Å²) in [6.45, 7) is 5.56. The van der Waals surface area contributed by atoms with E-state index in [1.54, 1.807) is 6.07 Å². The van der Waals surface area contributed by atoms with E-state index in [0.29, 0.717) is 48.4 Å². The molecule has 0 radical (unpaired) electrons. The van der Waals surface area contributed by atoms with Crippen LogP contribution in [0.25, 0.3) is 32.8 Å². The van der Waals surface area contributed by atoms with Crippen molar-refractivity contribution in [3.8, 4) is 35.2 Å². The van der Waals surface area contributed by atoms with Crippen LogP contribution in [0.3, 0.4) is 0 Å². The van der Waals surface area contributed by atoms with Crippen molar-refractivity contribution < 1.29 is 23.4 Å². The van der Waals surface area contributed by atoms with Crippen LogP contribution in [0, 0.1) is 29.4 Å². The fraction of sp³-hybridized carbons (Fsp3) is 0.444. The van der Waals surface area contributed by atoms with Crippen molar-refractivity contribution >= 4 is 39.1 Å². The van der Waals surface area contributed by atoms with E-state index in [0.717, 1.165) is 58.3 Å². The fourth-order valence-corrected chi connectivity index (χ4v) is 8.48. The van der Waals surface area contributed by atoms with E-state index >= 15 is 4.39 Å². The van der Waals surface area contributed by atoms with Gasteiger partial charge in [-0.1, -0.05) is 23.6 Å². The maximum absolute atomic E-state index is 17.0. The highest BCUT2D eigenvalue weighted by Crippen LogP contribution is 2.49. The third-order valence-corrected chi connectivity index (χ3v) is 11.1. The molecule has 2 N–H and O–H groups in total. The van der Waals surface area contributed by atoms with Crippen LogP contribution in [0.4, 0.5) is 14.6 Å². The van der Waals surface area contributed by atoms with Gasteiger partial charge >= 0.3 is 6.01 Å². The summed E-state index contributed by atoms with van der Waals surface area (Å²) in [7, 11) is 0. The van der Waals surface area contributed by atoms with Crippen LogP contribution in [0.2, 0.25) is 5.02 Å². The molecule has 1 aliphatic carbocycles. The first kappa shape index (κ1) is 29.4. The Morgan fingerprint density at radius 3 is 2.55 bits per heavy atom. The van der Waals surface area contributed by atoms with Gasteiger partial charge in [0.1, 0.15) is 22.9 Å². The largest absolute Gasteiger partial charge is 0.508 e. The molecule has 2 unspecified atom stereocenters. The first-order valence-electron chi connectivity index (χ1n) is 16.3. The van der Waals surface area contributed by atoms with Gasteiger partial charge in [-0.05, 0) is 60.9 Å². The van der Waals surface area contributed by atoms with Crippen molar-refractivity contribution in [1.29, 1.82) is 0 Å². The summed E-state index contributed by atoms with van der Waals surface area (Å²) in [5, 5.41) is 15.5. The van der Waals surface area contributed by atoms with E-state index in [1.807, 2.05) is 0 Å². The number of piperazine rings is 1. The zero-order chi connectivity index (χ0) is 32.1. The van der Waals surface area contributed by atoms with Gasteiger partial charge in [0.05, 0.1) is 29.4 Å². The molecule has 2 bridgehead atoms. The molecule has 1 spiro atoms. The summed E-state index contributed by atoms with van der Waals surface area (Å²) in [6.07, 6.45) is 11.1. The molecule has 5 fully saturated rings. The van der Waals surface area contributed by atoms with Crippen LogP contribution in [-0.4, -0.2) is 83.6 Å². The molecule has 5 heterocycles. The number of rotatable bonds is 7. The number of hydrogen-bond donors (Lipinski definition) is 2. The standard InChI is InChI=1S/C36H34ClF2N5O3/c1-2-24-28(38)6-3-20-11-23(45)12-25(29(20)24)30-27(37)13-26-32(31(30)39)41-34(42-33(26)44-14-21-4-5-22(15-44)40-21)46-19-35(7-8-35)16-43-17-36(18-43)9-10-47-36/h1,3,6,11-13,21-22,40,45H,4-5,7-10,14-19H2. The van der Waals surface area contributed by atoms with Crippen LogP contribution >= 0.6 is 11.6 Å². The van der Waals surface area contributed by atoms with Crippen LogP contribution in [-0.2, 0) is 4.74 Å². The Hall–Kier alpha value is -3.75. The van der Waals surface area contributed by atoms with Gasteiger partial charge in [0.25, 0.3) is 0 Å². The van der Waals surface area contributed by atoms with Crippen molar-refractivity contribution in [1.82, 2.24) is 20.2 Å². The second-order valence-electron chi connectivity index (χ2n) is 14.2. The second kappa shape index (κ2) is 10.6. The molecule has 4 aliphatic heterocycles. The molecule has 3 aromatic carbocycles. The molecule has 9 rings (SSSR count). The number of benzene rings is 3. The van der Waals surface area contributed by atoms with Crippen LogP contribution in [0.15, 0.2) is 30.3 Å². The molecule has 242 valence electrons. The topological polar surface area (TPSA) is 83.0 Å². The summed E-state index contributed by atoms with van der Waals surface area (Å²) in [5.41, 5.74) is 0.240.